The summed E-state index contributed by atoms with van der Waals surface area (Å²) < 4.78 is 2.17. The quantitative estimate of drug-likeness (QED) is 0.804. The van der Waals surface area contributed by atoms with Gasteiger partial charge in [0.2, 0.25) is 0 Å². The van der Waals surface area contributed by atoms with Crippen LogP contribution < -0.4 is 0 Å². The van der Waals surface area contributed by atoms with E-state index in [-0.39, 0.29) is 6.04 Å². The first kappa shape index (κ1) is 16.3. The third kappa shape index (κ3) is 3.20. The van der Waals surface area contributed by atoms with Crippen molar-refractivity contribution >= 4 is 0 Å². The van der Waals surface area contributed by atoms with E-state index >= 15 is 0 Å². The van der Waals surface area contributed by atoms with Gasteiger partial charge in [0.15, 0.2) is 0 Å². The van der Waals surface area contributed by atoms with Crippen LogP contribution >= 0.6 is 0 Å². The molecule has 2 unspecified atom stereocenters. The molecule has 2 heterocycles. The molecule has 2 atom stereocenters. The van der Waals surface area contributed by atoms with Crippen LogP contribution in [0.3, 0.4) is 0 Å². The van der Waals surface area contributed by atoms with Crippen LogP contribution in [0.5, 0.6) is 0 Å². The summed E-state index contributed by atoms with van der Waals surface area (Å²) >= 11 is 0. The molecule has 1 saturated heterocycles. The first-order valence-electron chi connectivity index (χ1n) is 9.00. The van der Waals surface area contributed by atoms with Crippen molar-refractivity contribution in [2.45, 2.75) is 65.1 Å². The second kappa shape index (κ2) is 6.88. The van der Waals surface area contributed by atoms with Crippen molar-refractivity contribution in [2.24, 2.45) is 0 Å². The summed E-state index contributed by atoms with van der Waals surface area (Å²) in [6.07, 6.45) is 5.85. The van der Waals surface area contributed by atoms with Crippen molar-refractivity contribution < 1.29 is 0 Å². The number of hydrogen-bond donors (Lipinski definition) is 0. The van der Waals surface area contributed by atoms with Gasteiger partial charge < -0.3 is 0 Å². The highest BCUT2D eigenvalue weighted by molar-refractivity contribution is 5.25. The minimum Gasteiger partial charge on any atom is -0.292 e. The Morgan fingerprint density at radius 1 is 1.17 bits per heavy atom. The third-order valence-electron chi connectivity index (χ3n) is 5.17. The third-order valence-corrected chi connectivity index (χ3v) is 5.17. The normalized spacial score (nSPS) is 20.3. The van der Waals surface area contributed by atoms with Gasteiger partial charge >= 0.3 is 0 Å². The minimum absolute atomic E-state index is 0.282. The van der Waals surface area contributed by atoms with Crippen molar-refractivity contribution in [3.8, 4) is 0 Å². The summed E-state index contributed by atoms with van der Waals surface area (Å²) in [4.78, 5) is 2.61. The maximum absolute atomic E-state index is 5.05. The molecule has 3 heteroatoms. The fourth-order valence-corrected chi connectivity index (χ4v) is 3.78. The van der Waals surface area contributed by atoms with E-state index in [9.17, 15) is 0 Å². The molecule has 3 nitrogen and oxygen atoms in total. The van der Waals surface area contributed by atoms with Crippen LogP contribution in [-0.4, -0.2) is 27.3 Å². The topological polar surface area (TPSA) is 21.1 Å². The molecule has 0 spiro atoms. The Balaban J connectivity index is 1.92. The smallest absolute Gasteiger partial charge is 0.0828 e. The second-order valence-electron chi connectivity index (χ2n) is 6.95. The minimum atomic E-state index is 0.282. The first-order valence-corrected chi connectivity index (χ1v) is 9.00. The number of benzene rings is 1. The summed E-state index contributed by atoms with van der Waals surface area (Å²) in [5, 5.41) is 5.05. The van der Waals surface area contributed by atoms with Gasteiger partial charge in [-0.2, -0.15) is 5.10 Å². The van der Waals surface area contributed by atoms with E-state index in [4.69, 9.17) is 5.10 Å². The van der Waals surface area contributed by atoms with E-state index in [1.54, 1.807) is 0 Å². The largest absolute Gasteiger partial charge is 0.292 e. The standard InChI is InChI=1S/C20H29N3/c1-5-17-14-23(16(4)18-10-7-6-8-11-18)21-20(17)19-12-9-13-22(19)15(2)3/h6-8,10-11,14-16,19H,5,9,12-13H2,1-4H3. The molecule has 0 saturated carbocycles. The van der Waals surface area contributed by atoms with Crippen molar-refractivity contribution in [1.29, 1.82) is 0 Å². The Hall–Kier alpha value is -1.61. The molecule has 1 aromatic carbocycles. The van der Waals surface area contributed by atoms with Gasteiger partial charge in [-0.25, -0.2) is 0 Å². The lowest BCUT2D eigenvalue weighted by Gasteiger charge is -2.27. The van der Waals surface area contributed by atoms with Crippen molar-refractivity contribution in [3.05, 3.63) is 53.3 Å². The van der Waals surface area contributed by atoms with Gasteiger partial charge in [-0.05, 0) is 57.7 Å². The number of rotatable bonds is 5. The number of likely N-dealkylation sites (tertiary alicyclic amines) is 1. The van der Waals surface area contributed by atoms with Crippen LogP contribution in [0.4, 0.5) is 0 Å². The van der Waals surface area contributed by atoms with Gasteiger partial charge in [-0.15, -0.1) is 0 Å². The Kier molecular flexibility index (Phi) is 4.86. The molecule has 0 bridgehead atoms. The molecule has 2 aromatic rings. The lowest BCUT2D eigenvalue weighted by molar-refractivity contribution is 0.200. The average molecular weight is 311 g/mol. The molecule has 23 heavy (non-hydrogen) atoms. The monoisotopic (exact) mass is 311 g/mol. The van der Waals surface area contributed by atoms with Crippen molar-refractivity contribution in [1.82, 2.24) is 14.7 Å². The highest BCUT2D eigenvalue weighted by Gasteiger charge is 2.31. The Morgan fingerprint density at radius 3 is 2.57 bits per heavy atom. The summed E-state index contributed by atoms with van der Waals surface area (Å²) in [6, 6.07) is 12.0. The van der Waals surface area contributed by atoms with E-state index in [0.717, 1.165) is 6.42 Å². The molecule has 1 fully saturated rings. The number of aromatic nitrogens is 2. The highest BCUT2D eigenvalue weighted by Crippen LogP contribution is 2.35. The van der Waals surface area contributed by atoms with Crippen LogP contribution in [0.2, 0.25) is 0 Å². The summed E-state index contributed by atoms with van der Waals surface area (Å²) in [7, 11) is 0. The molecule has 0 radical (unpaired) electrons. The number of hydrogen-bond acceptors (Lipinski definition) is 2. The summed E-state index contributed by atoms with van der Waals surface area (Å²) in [5.74, 6) is 0. The molecule has 3 rings (SSSR count). The van der Waals surface area contributed by atoms with E-state index < -0.39 is 0 Å². The van der Waals surface area contributed by atoms with Gasteiger partial charge in [0.1, 0.15) is 0 Å². The van der Waals surface area contributed by atoms with Crippen molar-refractivity contribution in [3.63, 3.8) is 0 Å². The van der Waals surface area contributed by atoms with E-state index in [1.165, 1.54) is 36.2 Å². The lowest BCUT2D eigenvalue weighted by Crippen LogP contribution is -2.31. The molecule has 0 aliphatic carbocycles. The second-order valence-corrected chi connectivity index (χ2v) is 6.95. The zero-order valence-electron chi connectivity index (χ0n) is 14.9. The lowest BCUT2D eigenvalue weighted by atomic mass is 10.0. The highest BCUT2D eigenvalue weighted by atomic mass is 15.3. The van der Waals surface area contributed by atoms with Gasteiger partial charge in [0.25, 0.3) is 0 Å². The number of nitrogens with zero attached hydrogens (tertiary/aromatic N) is 3. The van der Waals surface area contributed by atoms with Gasteiger partial charge in [0, 0.05) is 12.2 Å². The fraction of sp³-hybridized carbons (Fsp3) is 0.550. The number of aryl methyl sites for hydroxylation is 1. The van der Waals surface area contributed by atoms with Gasteiger partial charge in [-0.3, -0.25) is 9.58 Å². The van der Waals surface area contributed by atoms with Gasteiger partial charge in [-0.1, -0.05) is 37.3 Å². The van der Waals surface area contributed by atoms with Crippen LogP contribution in [-0.2, 0) is 6.42 Å². The van der Waals surface area contributed by atoms with E-state index in [2.05, 4.69) is 73.8 Å². The fourth-order valence-electron chi connectivity index (χ4n) is 3.78. The zero-order chi connectivity index (χ0) is 16.4. The zero-order valence-corrected chi connectivity index (χ0v) is 14.9. The van der Waals surface area contributed by atoms with Crippen LogP contribution in [0.15, 0.2) is 36.5 Å². The molecule has 1 aromatic heterocycles. The Labute approximate surface area is 140 Å². The Morgan fingerprint density at radius 2 is 1.91 bits per heavy atom. The maximum atomic E-state index is 5.05. The van der Waals surface area contributed by atoms with E-state index in [1.807, 2.05) is 0 Å². The molecular weight excluding hydrogens is 282 g/mol. The molecule has 0 N–H and O–H groups in total. The molecular formula is C20H29N3. The van der Waals surface area contributed by atoms with Crippen LogP contribution in [0.25, 0.3) is 0 Å². The van der Waals surface area contributed by atoms with E-state index in [0.29, 0.717) is 12.1 Å². The molecule has 1 aliphatic rings. The summed E-state index contributed by atoms with van der Waals surface area (Å²) in [6.45, 7) is 10.3. The molecule has 0 amide bonds. The molecule has 124 valence electrons. The summed E-state index contributed by atoms with van der Waals surface area (Å²) in [5.41, 5.74) is 4.03. The van der Waals surface area contributed by atoms with Gasteiger partial charge in [0.05, 0.1) is 17.8 Å². The predicted molar refractivity (Wildman–Crippen MR) is 95.7 cm³/mol. The van der Waals surface area contributed by atoms with Crippen molar-refractivity contribution in [2.75, 3.05) is 6.54 Å². The molecule has 1 aliphatic heterocycles. The average Bonchev–Trinajstić information content (AvgIpc) is 3.21. The SMILES string of the molecule is CCc1cn(C(C)c2ccccc2)nc1C1CCCN1C(C)C. The first-order chi connectivity index (χ1) is 11.1. The Bertz CT molecular complexity index is 630. The van der Waals surface area contributed by atoms with Crippen LogP contribution in [0.1, 0.15) is 69.4 Å². The predicted octanol–water partition coefficient (Wildman–Crippen LogP) is 4.60. The van der Waals surface area contributed by atoms with Crippen LogP contribution in [0, 0.1) is 0 Å². The maximum Gasteiger partial charge on any atom is 0.0828 e.